The van der Waals surface area contributed by atoms with Gasteiger partial charge < -0.3 is 21.1 Å². The predicted molar refractivity (Wildman–Crippen MR) is 152 cm³/mol. The van der Waals surface area contributed by atoms with E-state index in [0.717, 1.165) is 56.6 Å². The fourth-order valence-electron chi connectivity index (χ4n) is 8.21. The lowest BCUT2D eigenvalue weighted by atomic mass is 9.48. The molecule has 0 amide bonds. The van der Waals surface area contributed by atoms with Gasteiger partial charge in [-0.1, -0.05) is 29.8 Å². The number of nitro groups is 1. The maximum atomic E-state index is 11.8. The summed E-state index contributed by atoms with van der Waals surface area (Å²) in [5.41, 5.74) is 0.974. The molecule has 7 rings (SSSR count). The molecule has 1 heterocycles. The van der Waals surface area contributed by atoms with E-state index in [9.17, 15) is 15.2 Å². The summed E-state index contributed by atoms with van der Waals surface area (Å²) in [4.78, 5) is 20.0. The maximum absolute atomic E-state index is 11.8. The van der Waals surface area contributed by atoms with E-state index >= 15 is 0 Å². The highest BCUT2D eigenvalue weighted by Gasteiger charge is 2.55. The average Bonchev–Trinajstić information content (AvgIpc) is 2.92. The minimum absolute atomic E-state index is 0.0971. The summed E-state index contributed by atoms with van der Waals surface area (Å²) in [6.45, 7) is 2.20. The van der Waals surface area contributed by atoms with Crippen LogP contribution < -0.4 is 16.0 Å². The van der Waals surface area contributed by atoms with Crippen LogP contribution in [0.1, 0.15) is 63.4 Å². The zero-order valence-corrected chi connectivity index (χ0v) is 23.1. The molecule has 39 heavy (non-hydrogen) atoms. The van der Waals surface area contributed by atoms with Crippen LogP contribution in [-0.4, -0.2) is 45.2 Å². The van der Waals surface area contributed by atoms with Crippen molar-refractivity contribution in [3.8, 4) is 0 Å². The highest BCUT2D eigenvalue weighted by atomic mass is 35.5. The molecule has 10 heteroatoms. The highest BCUT2D eigenvalue weighted by Crippen LogP contribution is 2.60. The monoisotopic (exact) mass is 554 g/mol. The van der Waals surface area contributed by atoms with Gasteiger partial charge in [0, 0.05) is 24.2 Å². The largest absolute Gasteiger partial charge is 0.393 e. The zero-order chi connectivity index (χ0) is 27.0. The fourth-order valence-corrected chi connectivity index (χ4v) is 8.41. The standard InChI is InChI=1S/C29H39ClN6O3/c30-24-4-2-1-3-20(24)15-32-28-33-16-25(36(38)39)27(35-28)34-17-29-11-19-9-21(12-29)26(22(10-19)13-29)31-14-18-5-7-23(37)8-6-18/h1-4,16,18-19,21-23,26,31,37H,5-15,17H2,(H2,32,33,34,35)/t18?,19?,21-,22+,23?,26?,29?. The van der Waals surface area contributed by atoms with Gasteiger partial charge in [0.15, 0.2) is 0 Å². The molecule has 5 atom stereocenters. The Hall–Kier alpha value is -2.49. The van der Waals surface area contributed by atoms with E-state index in [-0.39, 0.29) is 23.0 Å². The van der Waals surface area contributed by atoms with Crippen LogP contribution in [0, 0.1) is 39.2 Å². The molecule has 0 aliphatic heterocycles. The Labute approximate surface area is 234 Å². The van der Waals surface area contributed by atoms with E-state index in [1.807, 2.05) is 24.3 Å². The second-order valence-electron chi connectivity index (χ2n) is 12.6. The van der Waals surface area contributed by atoms with Crippen molar-refractivity contribution in [1.29, 1.82) is 0 Å². The molecule has 0 radical (unpaired) electrons. The van der Waals surface area contributed by atoms with Crippen molar-refractivity contribution in [3.63, 3.8) is 0 Å². The summed E-state index contributed by atoms with van der Waals surface area (Å²) in [6.07, 6.45) is 11.4. The number of benzene rings is 1. The SMILES string of the molecule is O=[N+]([O-])c1cnc(NCc2ccccc2Cl)nc1NCC12CC3C[C@H](C1)C(NCC1CCC(O)CC1)[C@@H](C3)C2. The molecule has 5 aliphatic carbocycles. The van der Waals surface area contributed by atoms with E-state index in [1.165, 1.54) is 25.5 Å². The third kappa shape index (κ3) is 5.86. The van der Waals surface area contributed by atoms with E-state index in [2.05, 4.69) is 25.9 Å². The van der Waals surface area contributed by atoms with Gasteiger partial charge in [0.1, 0.15) is 6.20 Å². The Balaban J connectivity index is 1.10. The maximum Gasteiger partial charge on any atom is 0.329 e. The van der Waals surface area contributed by atoms with Gasteiger partial charge in [0.25, 0.3) is 0 Å². The number of anilines is 2. The van der Waals surface area contributed by atoms with Gasteiger partial charge in [0.2, 0.25) is 11.8 Å². The van der Waals surface area contributed by atoms with Crippen LogP contribution in [0.25, 0.3) is 0 Å². The number of nitrogens with zero attached hydrogens (tertiary/aromatic N) is 3. The molecule has 1 aromatic carbocycles. The molecule has 0 saturated heterocycles. The number of nitrogens with one attached hydrogen (secondary N) is 3. The van der Waals surface area contributed by atoms with E-state index < -0.39 is 4.92 Å². The van der Waals surface area contributed by atoms with Crippen molar-refractivity contribution in [2.75, 3.05) is 23.7 Å². The van der Waals surface area contributed by atoms with E-state index in [0.29, 0.717) is 47.9 Å². The number of aliphatic hydroxyl groups is 1. The highest BCUT2D eigenvalue weighted by molar-refractivity contribution is 6.31. The molecule has 3 unspecified atom stereocenters. The minimum atomic E-state index is -0.413. The second kappa shape index (κ2) is 11.2. The summed E-state index contributed by atoms with van der Waals surface area (Å²) in [5, 5.41) is 32.8. The average molecular weight is 555 g/mol. The molecular formula is C29H39ClN6O3. The van der Waals surface area contributed by atoms with Gasteiger partial charge in [-0.3, -0.25) is 10.1 Å². The van der Waals surface area contributed by atoms with Gasteiger partial charge >= 0.3 is 5.69 Å². The van der Waals surface area contributed by atoms with Crippen molar-refractivity contribution in [2.45, 2.75) is 76.5 Å². The molecule has 4 bridgehead atoms. The Bertz CT molecular complexity index is 1170. The lowest BCUT2D eigenvalue weighted by molar-refractivity contribution is -0.384. The number of rotatable bonds is 10. The molecule has 210 valence electrons. The smallest absolute Gasteiger partial charge is 0.329 e. The summed E-state index contributed by atoms with van der Waals surface area (Å²) in [7, 11) is 0. The Morgan fingerprint density at radius 1 is 1.08 bits per heavy atom. The number of hydrogen-bond donors (Lipinski definition) is 4. The molecule has 5 saturated carbocycles. The summed E-state index contributed by atoms with van der Waals surface area (Å²) >= 11 is 6.27. The molecule has 2 aromatic rings. The number of halogens is 1. The first-order valence-electron chi connectivity index (χ1n) is 14.5. The van der Waals surface area contributed by atoms with Crippen LogP contribution in [0.4, 0.5) is 17.5 Å². The van der Waals surface area contributed by atoms with Crippen LogP contribution in [0.2, 0.25) is 5.02 Å². The van der Waals surface area contributed by atoms with Gasteiger partial charge in [-0.25, -0.2) is 4.98 Å². The third-order valence-corrected chi connectivity index (χ3v) is 10.2. The van der Waals surface area contributed by atoms with Crippen molar-refractivity contribution >= 4 is 29.1 Å². The van der Waals surface area contributed by atoms with Crippen molar-refractivity contribution < 1.29 is 10.0 Å². The first-order chi connectivity index (χ1) is 18.9. The molecule has 5 aliphatic rings. The Morgan fingerprint density at radius 3 is 2.54 bits per heavy atom. The van der Waals surface area contributed by atoms with Gasteiger partial charge in [0.05, 0.1) is 11.0 Å². The molecular weight excluding hydrogens is 516 g/mol. The van der Waals surface area contributed by atoms with Gasteiger partial charge in [-0.2, -0.15) is 4.98 Å². The molecule has 9 nitrogen and oxygen atoms in total. The Kier molecular flexibility index (Phi) is 7.66. The molecule has 0 spiro atoms. The van der Waals surface area contributed by atoms with E-state index in [1.54, 1.807) is 0 Å². The quantitative estimate of drug-likeness (QED) is 0.227. The van der Waals surface area contributed by atoms with E-state index in [4.69, 9.17) is 11.6 Å². The summed E-state index contributed by atoms with van der Waals surface area (Å²) < 4.78 is 0. The van der Waals surface area contributed by atoms with Crippen LogP contribution in [0.3, 0.4) is 0 Å². The minimum Gasteiger partial charge on any atom is -0.393 e. The van der Waals surface area contributed by atoms with Crippen LogP contribution in [-0.2, 0) is 6.54 Å². The zero-order valence-electron chi connectivity index (χ0n) is 22.3. The van der Waals surface area contributed by atoms with Crippen LogP contribution in [0.15, 0.2) is 30.5 Å². The fraction of sp³-hybridized carbons (Fsp3) is 0.655. The van der Waals surface area contributed by atoms with Crippen molar-refractivity contribution in [1.82, 2.24) is 15.3 Å². The predicted octanol–water partition coefficient (Wildman–Crippen LogP) is 5.40. The molecule has 4 N–H and O–H groups in total. The summed E-state index contributed by atoms with van der Waals surface area (Å²) in [5.74, 6) is 3.39. The topological polar surface area (TPSA) is 125 Å². The first kappa shape index (κ1) is 26.7. The normalized spacial score (nSPS) is 33.2. The summed E-state index contributed by atoms with van der Waals surface area (Å²) in [6, 6.07) is 8.13. The molecule has 1 aromatic heterocycles. The lowest BCUT2D eigenvalue weighted by Gasteiger charge is -2.60. The van der Waals surface area contributed by atoms with Crippen LogP contribution >= 0.6 is 11.6 Å². The van der Waals surface area contributed by atoms with Crippen LogP contribution in [0.5, 0.6) is 0 Å². The number of aromatic nitrogens is 2. The van der Waals surface area contributed by atoms with Gasteiger partial charge in [-0.15, -0.1) is 0 Å². The second-order valence-corrected chi connectivity index (χ2v) is 13.0. The number of aliphatic hydroxyl groups excluding tert-OH is 1. The third-order valence-electron chi connectivity index (χ3n) is 9.85. The van der Waals surface area contributed by atoms with Crippen molar-refractivity contribution in [3.05, 3.63) is 51.2 Å². The lowest BCUT2D eigenvalue weighted by Crippen LogP contribution is -2.60. The first-order valence-corrected chi connectivity index (χ1v) is 14.9. The van der Waals surface area contributed by atoms with Gasteiger partial charge in [-0.05, 0) is 105 Å². The molecule has 5 fully saturated rings. The van der Waals surface area contributed by atoms with Crippen molar-refractivity contribution in [2.24, 2.45) is 29.1 Å². The number of hydrogen-bond acceptors (Lipinski definition) is 8. The Morgan fingerprint density at radius 2 is 1.82 bits per heavy atom.